The first-order valence-corrected chi connectivity index (χ1v) is 5.59. The van der Waals surface area contributed by atoms with Crippen LogP contribution in [0.4, 0.5) is 13.2 Å². The average molecular weight is 254 g/mol. The Labute approximate surface area is 103 Å². The van der Waals surface area contributed by atoms with Gasteiger partial charge >= 0.3 is 6.18 Å². The highest BCUT2D eigenvalue weighted by Gasteiger charge is 2.34. The van der Waals surface area contributed by atoms with Crippen LogP contribution in [0.1, 0.15) is 30.9 Å². The maximum Gasteiger partial charge on any atom is 0.416 e. The molecule has 1 aromatic carbocycles. The van der Waals surface area contributed by atoms with Gasteiger partial charge in [-0.3, -0.25) is 0 Å². The molecule has 0 amide bonds. The summed E-state index contributed by atoms with van der Waals surface area (Å²) in [4.78, 5) is 3.83. The predicted octanol–water partition coefficient (Wildman–Crippen LogP) is 4.01. The van der Waals surface area contributed by atoms with Gasteiger partial charge in [-0.25, -0.2) is 4.98 Å². The molecule has 0 aliphatic carbocycles. The number of nitrogens with zero attached hydrogens (tertiary/aromatic N) is 2. The van der Waals surface area contributed by atoms with E-state index in [9.17, 15) is 13.2 Å². The number of rotatable bonds is 2. The van der Waals surface area contributed by atoms with Crippen molar-refractivity contribution in [2.75, 3.05) is 0 Å². The SMILES string of the molecule is CC(C)c1ccc(-n2ccnc2)cc1C(F)(F)F. The first-order chi connectivity index (χ1) is 8.39. The third-order valence-corrected chi connectivity index (χ3v) is 2.77. The minimum Gasteiger partial charge on any atom is -0.306 e. The van der Waals surface area contributed by atoms with Gasteiger partial charge in [-0.1, -0.05) is 19.9 Å². The van der Waals surface area contributed by atoms with E-state index in [1.54, 1.807) is 30.7 Å². The second-order valence-electron chi connectivity index (χ2n) is 4.39. The van der Waals surface area contributed by atoms with Gasteiger partial charge in [0, 0.05) is 18.1 Å². The second kappa shape index (κ2) is 4.48. The predicted molar refractivity (Wildman–Crippen MR) is 62.7 cm³/mol. The van der Waals surface area contributed by atoms with E-state index >= 15 is 0 Å². The van der Waals surface area contributed by atoms with Crippen LogP contribution in [0.2, 0.25) is 0 Å². The molecular weight excluding hydrogens is 241 g/mol. The van der Waals surface area contributed by atoms with E-state index < -0.39 is 11.7 Å². The van der Waals surface area contributed by atoms with Crippen LogP contribution in [0.3, 0.4) is 0 Å². The maximum atomic E-state index is 13.0. The minimum absolute atomic E-state index is 0.168. The van der Waals surface area contributed by atoms with Crippen LogP contribution in [-0.2, 0) is 6.18 Å². The first-order valence-electron chi connectivity index (χ1n) is 5.59. The van der Waals surface area contributed by atoms with Gasteiger partial charge in [0.1, 0.15) is 0 Å². The molecule has 0 fully saturated rings. The van der Waals surface area contributed by atoms with Gasteiger partial charge < -0.3 is 4.57 Å². The topological polar surface area (TPSA) is 17.8 Å². The lowest BCUT2D eigenvalue weighted by Gasteiger charge is -2.17. The summed E-state index contributed by atoms with van der Waals surface area (Å²) in [6, 6.07) is 4.37. The third-order valence-electron chi connectivity index (χ3n) is 2.77. The van der Waals surface area contributed by atoms with Crippen LogP contribution in [0.5, 0.6) is 0 Å². The minimum atomic E-state index is -4.34. The standard InChI is InChI=1S/C13H13F3N2/c1-9(2)11-4-3-10(18-6-5-17-8-18)7-12(11)13(14,15)16/h3-9H,1-2H3. The first kappa shape index (κ1) is 12.7. The Morgan fingerprint density at radius 1 is 1.22 bits per heavy atom. The molecule has 0 saturated carbocycles. The highest BCUT2D eigenvalue weighted by Crippen LogP contribution is 2.36. The fourth-order valence-electron chi connectivity index (χ4n) is 1.87. The molecule has 0 atom stereocenters. The quantitative estimate of drug-likeness (QED) is 0.791. The van der Waals surface area contributed by atoms with E-state index in [0.29, 0.717) is 11.3 Å². The van der Waals surface area contributed by atoms with Crippen LogP contribution in [-0.4, -0.2) is 9.55 Å². The number of benzene rings is 1. The zero-order valence-corrected chi connectivity index (χ0v) is 10.1. The zero-order chi connectivity index (χ0) is 13.3. The summed E-state index contributed by atoms with van der Waals surface area (Å²) in [6.07, 6.45) is 0.287. The molecule has 2 nitrogen and oxygen atoms in total. The lowest BCUT2D eigenvalue weighted by molar-refractivity contribution is -0.138. The van der Waals surface area contributed by atoms with Crippen molar-refractivity contribution in [3.05, 3.63) is 48.0 Å². The van der Waals surface area contributed by atoms with Gasteiger partial charge in [-0.05, 0) is 23.6 Å². The summed E-state index contributed by atoms with van der Waals surface area (Å²) in [5.74, 6) is -0.168. The van der Waals surface area contributed by atoms with Crippen molar-refractivity contribution in [3.63, 3.8) is 0 Å². The zero-order valence-electron chi connectivity index (χ0n) is 10.1. The van der Waals surface area contributed by atoms with Crippen molar-refractivity contribution < 1.29 is 13.2 Å². The molecule has 2 rings (SSSR count). The summed E-state index contributed by atoms with van der Waals surface area (Å²) in [6.45, 7) is 3.50. The van der Waals surface area contributed by atoms with Crippen molar-refractivity contribution in [2.45, 2.75) is 25.9 Å². The maximum absolute atomic E-state index is 13.0. The number of imidazole rings is 1. The van der Waals surface area contributed by atoms with E-state index in [4.69, 9.17) is 0 Å². The van der Waals surface area contributed by atoms with E-state index in [0.717, 1.165) is 6.07 Å². The molecule has 0 saturated heterocycles. The molecule has 0 bridgehead atoms. The Bertz CT molecular complexity index is 528. The fraction of sp³-hybridized carbons (Fsp3) is 0.308. The van der Waals surface area contributed by atoms with Crippen molar-refractivity contribution in [1.82, 2.24) is 9.55 Å². The molecule has 5 heteroatoms. The lowest BCUT2D eigenvalue weighted by atomic mass is 9.96. The molecule has 0 spiro atoms. The molecule has 1 heterocycles. The highest BCUT2D eigenvalue weighted by molar-refractivity contribution is 5.43. The Kier molecular flexibility index (Phi) is 3.15. The lowest BCUT2D eigenvalue weighted by Crippen LogP contribution is -2.11. The number of halogens is 3. The average Bonchev–Trinajstić information content (AvgIpc) is 2.80. The summed E-state index contributed by atoms with van der Waals surface area (Å²) in [7, 11) is 0. The molecule has 1 aromatic heterocycles. The summed E-state index contributed by atoms with van der Waals surface area (Å²) < 4.78 is 40.6. The monoisotopic (exact) mass is 254 g/mol. The molecular formula is C13H13F3N2. The molecule has 0 N–H and O–H groups in total. The third kappa shape index (κ3) is 2.39. The van der Waals surface area contributed by atoms with E-state index in [-0.39, 0.29) is 5.92 Å². The number of alkyl halides is 3. The molecule has 2 aromatic rings. The molecule has 0 aliphatic heterocycles. The van der Waals surface area contributed by atoms with E-state index in [2.05, 4.69) is 4.98 Å². The van der Waals surface area contributed by atoms with E-state index in [1.165, 1.54) is 18.6 Å². The molecule has 96 valence electrons. The normalized spacial score (nSPS) is 12.1. The van der Waals surface area contributed by atoms with Crippen LogP contribution in [0.25, 0.3) is 5.69 Å². The van der Waals surface area contributed by atoms with Crippen molar-refractivity contribution >= 4 is 0 Å². The molecule has 0 radical (unpaired) electrons. The molecule has 0 unspecified atom stereocenters. The van der Waals surface area contributed by atoms with Crippen LogP contribution in [0, 0.1) is 0 Å². The second-order valence-corrected chi connectivity index (χ2v) is 4.39. The van der Waals surface area contributed by atoms with Gasteiger partial charge in [0.25, 0.3) is 0 Å². The van der Waals surface area contributed by atoms with Crippen LogP contribution >= 0.6 is 0 Å². The van der Waals surface area contributed by atoms with Crippen LogP contribution in [0.15, 0.2) is 36.9 Å². The van der Waals surface area contributed by atoms with E-state index in [1.807, 2.05) is 0 Å². The van der Waals surface area contributed by atoms with Gasteiger partial charge in [0.05, 0.1) is 11.9 Å². The van der Waals surface area contributed by atoms with Gasteiger partial charge in [0.2, 0.25) is 0 Å². The van der Waals surface area contributed by atoms with Crippen molar-refractivity contribution in [1.29, 1.82) is 0 Å². The van der Waals surface area contributed by atoms with Gasteiger partial charge in [-0.15, -0.1) is 0 Å². The number of hydrogen-bond acceptors (Lipinski definition) is 1. The van der Waals surface area contributed by atoms with Crippen LogP contribution < -0.4 is 0 Å². The molecule has 18 heavy (non-hydrogen) atoms. The smallest absolute Gasteiger partial charge is 0.306 e. The number of aromatic nitrogens is 2. The Balaban J connectivity index is 2.56. The largest absolute Gasteiger partial charge is 0.416 e. The Morgan fingerprint density at radius 3 is 2.44 bits per heavy atom. The molecule has 0 aliphatic rings. The van der Waals surface area contributed by atoms with Crippen molar-refractivity contribution in [2.24, 2.45) is 0 Å². The highest BCUT2D eigenvalue weighted by atomic mass is 19.4. The Hall–Kier alpha value is -1.78. The summed E-state index contributed by atoms with van der Waals surface area (Å²) in [5, 5.41) is 0. The summed E-state index contributed by atoms with van der Waals surface area (Å²) in [5.41, 5.74) is 0.194. The fourth-order valence-corrected chi connectivity index (χ4v) is 1.87. The van der Waals surface area contributed by atoms with Crippen molar-refractivity contribution in [3.8, 4) is 5.69 Å². The number of hydrogen-bond donors (Lipinski definition) is 0. The Morgan fingerprint density at radius 2 is 1.94 bits per heavy atom. The summed E-state index contributed by atoms with van der Waals surface area (Å²) >= 11 is 0. The van der Waals surface area contributed by atoms with Gasteiger partial charge in [0.15, 0.2) is 0 Å². The van der Waals surface area contributed by atoms with Gasteiger partial charge in [-0.2, -0.15) is 13.2 Å².